The maximum absolute atomic E-state index is 4.23. The fraction of sp³-hybridized carbons (Fsp3) is 0.706. The van der Waals surface area contributed by atoms with E-state index in [0.29, 0.717) is 5.41 Å². The number of hydrogen-bond donors (Lipinski definition) is 1. The molecule has 4 heteroatoms. The fourth-order valence-corrected chi connectivity index (χ4v) is 3.74. The molecule has 0 saturated carbocycles. The van der Waals surface area contributed by atoms with Crippen molar-refractivity contribution in [2.24, 2.45) is 11.3 Å². The molecule has 0 spiro atoms. The molecule has 1 unspecified atom stereocenters. The molecule has 3 rings (SSSR count). The van der Waals surface area contributed by atoms with Crippen LogP contribution in [0.15, 0.2) is 24.5 Å². The van der Waals surface area contributed by atoms with E-state index in [1.807, 2.05) is 12.4 Å². The zero-order valence-electron chi connectivity index (χ0n) is 13.1. The van der Waals surface area contributed by atoms with Crippen molar-refractivity contribution in [1.82, 2.24) is 15.2 Å². The Morgan fingerprint density at radius 3 is 2.81 bits per heavy atom. The maximum Gasteiger partial charge on any atom is 0.0299 e. The molecule has 1 N–H and O–H groups in total. The summed E-state index contributed by atoms with van der Waals surface area (Å²) < 4.78 is 0. The highest BCUT2D eigenvalue weighted by atomic mass is 35.5. The van der Waals surface area contributed by atoms with Gasteiger partial charge in [-0.05, 0) is 68.3 Å². The number of piperidine rings is 1. The number of rotatable bonds is 4. The molecule has 1 atom stereocenters. The number of aromatic nitrogens is 1. The fourth-order valence-electron chi connectivity index (χ4n) is 3.74. The summed E-state index contributed by atoms with van der Waals surface area (Å²) >= 11 is 0. The van der Waals surface area contributed by atoms with E-state index in [-0.39, 0.29) is 12.4 Å². The molecule has 2 aliphatic heterocycles. The normalized spacial score (nSPS) is 27.5. The van der Waals surface area contributed by atoms with Crippen molar-refractivity contribution in [1.29, 1.82) is 0 Å². The van der Waals surface area contributed by atoms with Crippen LogP contribution in [0.2, 0.25) is 0 Å². The Morgan fingerprint density at radius 2 is 2.19 bits per heavy atom. The van der Waals surface area contributed by atoms with Gasteiger partial charge in [0, 0.05) is 25.5 Å². The molecule has 2 fully saturated rings. The average molecular weight is 310 g/mol. The van der Waals surface area contributed by atoms with Gasteiger partial charge in [-0.25, -0.2) is 0 Å². The molecule has 2 saturated heterocycles. The predicted molar refractivity (Wildman–Crippen MR) is 89.9 cm³/mol. The third-order valence-corrected chi connectivity index (χ3v) is 5.02. The molecular formula is C17H28ClN3. The van der Waals surface area contributed by atoms with Gasteiger partial charge in [-0.1, -0.05) is 13.0 Å². The van der Waals surface area contributed by atoms with Crippen molar-refractivity contribution in [2.75, 3.05) is 32.7 Å². The van der Waals surface area contributed by atoms with Crippen LogP contribution in [0.25, 0.3) is 0 Å². The van der Waals surface area contributed by atoms with Crippen molar-refractivity contribution >= 4 is 12.4 Å². The Balaban J connectivity index is 0.00000161. The number of nitrogens with one attached hydrogen (secondary N) is 1. The SMILES string of the molecule is CC1(CN2CCC(Cc3cccnc3)CC2)CCNC1.Cl. The van der Waals surface area contributed by atoms with Crippen LogP contribution in [0.5, 0.6) is 0 Å². The second-order valence-electron chi connectivity index (χ2n) is 7.02. The van der Waals surface area contributed by atoms with Gasteiger partial charge in [0.1, 0.15) is 0 Å². The zero-order chi connectivity index (χ0) is 13.8. The smallest absolute Gasteiger partial charge is 0.0299 e. The largest absolute Gasteiger partial charge is 0.316 e. The molecule has 2 aliphatic rings. The summed E-state index contributed by atoms with van der Waals surface area (Å²) in [4.78, 5) is 6.91. The van der Waals surface area contributed by atoms with Gasteiger partial charge in [0.15, 0.2) is 0 Å². The predicted octanol–water partition coefficient (Wildman–Crippen LogP) is 2.76. The second-order valence-corrected chi connectivity index (χ2v) is 7.02. The van der Waals surface area contributed by atoms with E-state index in [0.717, 1.165) is 5.92 Å². The van der Waals surface area contributed by atoms with Gasteiger partial charge in [0.2, 0.25) is 0 Å². The van der Waals surface area contributed by atoms with Crippen molar-refractivity contribution in [3.05, 3.63) is 30.1 Å². The lowest BCUT2D eigenvalue weighted by molar-refractivity contribution is 0.128. The number of hydrogen-bond acceptors (Lipinski definition) is 3. The molecule has 0 radical (unpaired) electrons. The van der Waals surface area contributed by atoms with Crippen molar-refractivity contribution < 1.29 is 0 Å². The van der Waals surface area contributed by atoms with Crippen molar-refractivity contribution in [2.45, 2.75) is 32.6 Å². The molecule has 0 aromatic carbocycles. The summed E-state index contributed by atoms with van der Waals surface area (Å²) in [6, 6.07) is 4.27. The monoisotopic (exact) mass is 309 g/mol. The van der Waals surface area contributed by atoms with Crippen molar-refractivity contribution in [3.8, 4) is 0 Å². The van der Waals surface area contributed by atoms with Crippen molar-refractivity contribution in [3.63, 3.8) is 0 Å². The highest BCUT2D eigenvalue weighted by Crippen LogP contribution is 2.28. The third kappa shape index (κ3) is 4.67. The van der Waals surface area contributed by atoms with Crippen LogP contribution in [0, 0.1) is 11.3 Å². The Kier molecular flexibility index (Phi) is 6.03. The first-order valence-electron chi connectivity index (χ1n) is 8.06. The second kappa shape index (κ2) is 7.57. The molecule has 0 aliphatic carbocycles. The lowest BCUT2D eigenvalue weighted by Gasteiger charge is -2.37. The van der Waals surface area contributed by atoms with Crippen LogP contribution in [0.4, 0.5) is 0 Å². The highest BCUT2D eigenvalue weighted by molar-refractivity contribution is 5.85. The maximum atomic E-state index is 4.23. The van der Waals surface area contributed by atoms with Gasteiger partial charge in [-0.3, -0.25) is 4.98 Å². The van der Waals surface area contributed by atoms with Crippen LogP contribution in [0.1, 0.15) is 31.7 Å². The molecule has 118 valence electrons. The van der Waals surface area contributed by atoms with Gasteiger partial charge in [-0.2, -0.15) is 0 Å². The Hall–Kier alpha value is -0.640. The van der Waals surface area contributed by atoms with E-state index < -0.39 is 0 Å². The zero-order valence-corrected chi connectivity index (χ0v) is 13.9. The molecule has 1 aromatic rings. The minimum absolute atomic E-state index is 0. The van der Waals surface area contributed by atoms with Crippen LogP contribution >= 0.6 is 12.4 Å². The minimum atomic E-state index is 0. The van der Waals surface area contributed by atoms with E-state index >= 15 is 0 Å². The summed E-state index contributed by atoms with van der Waals surface area (Å²) in [6.45, 7) is 8.67. The van der Waals surface area contributed by atoms with E-state index in [9.17, 15) is 0 Å². The third-order valence-electron chi connectivity index (χ3n) is 5.02. The molecule has 3 heterocycles. The topological polar surface area (TPSA) is 28.2 Å². The van der Waals surface area contributed by atoms with Gasteiger partial charge in [-0.15, -0.1) is 12.4 Å². The van der Waals surface area contributed by atoms with Crippen LogP contribution in [-0.2, 0) is 6.42 Å². The lowest BCUT2D eigenvalue weighted by Crippen LogP contribution is -2.42. The number of likely N-dealkylation sites (tertiary alicyclic amines) is 1. The number of halogens is 1. The van der Waals surface area contributed by atoms with E-state index in [1.165, 1.54) is 64.0 Å². The molecule has 0 bridgehead atoms. The summed E-state index contributed by atoms with van der Waals surface area (Å²) in [5, 5.41) is 3.51. The minimum Gasteiger partial charge on any atom is -0.316 e. The molecule has 1 aromatic heterocycles. The lowest BCUT2D eigenvalue weighted by atomic mass is 9.86. The summed E-state index contributed by atoms with van der Waals surface area (Å²) in [5.74, 6) is 0.852. The molecule has 3 nitrogen and oxygen atoms in total. The standard InChI is InChI=1S/C17H27N3.ClH/c1-17(6-8-19-13-17)14-20-9-4-15(5-10-20)11-16-3-2-7-18-12-16;/h2-3,7,12,15,19H,4-6,8-11,13-14H2,1H3;1H. The molecule has 21 heavy (non-hydrogen) atoms. The Morgan fingerprint density at radius 1 is 1.38 bits per heavy atom. The molecular weight excluding hydrogens is 282 g/mol. The van der Waals surface area contributed by atoms with E-state index in [2.05, 4.69) is 34.3 Å². The van der Waals surface area contributed by atoms with Gasteiger partial charge in [0.05, 0.1) is 0 Å². The first-order chi connectivity index (χ1) is 9.73. The summed E-state index contributed by atoms with van der Waals surface area (Å²) in [5.41, 5.74) is 1.91. The highest BCUT2D eigenvalue weighted by Gasteiger charge is 2.32. The first-order valence-corrected chi connectivity index (χ1v) is 8.06. The summed E-state index contributed by atoms with van der Waals surface area (Å²) in [6.07, 6.45) is 9.12. The van der Waals surface area contributed by atoms with Gasteiger partial charge >= 0.3 is 0 Å². The quantitative estimate of drug-likeness (QED) is 0.927. The Labute approximate surface area is 134 Å². The van der Waals surface area contributed by atoms with Gasteiger partial charge < -0.3 is 10.2 Å². The Bertz CT molecular complexity index is 409. The van der Waals surface area contributed by atoms with E-state index in [4.69, 9.17) is 0 Å². The van der Waals surface area contributed by atoms with Crippen LogP contribution in [0.3, 0.4) is 0 Å². The van der Waals surface area contributed by atoms with Crippen LogP contribution < -0.4 is 5.32 Å². The average Bonchev–Trinajstić information content (AvgIpc) is 2.89. The number of pyridine rings is 1. The summed E-state index contributed by atoms with van der Waals surface area (Å²) in [7, 11) is 0. The van der Waals surface area contributed by atoms with E-state index in [1.54, 1.807) is 0 Å². The number of nitrogens with zero attached hydrogens (tertiary/aromatic N) is 2. The van der Waals surface area contributed by atoms with Crippen LogP contribution in [-0.4, -0.2) is 42.6 Å². The molecule has 0 amide bonds. The first kappa shape index (κ1) is 16.7. The van der Waals surface area contributed by atoms with Gasteiger partial charge in [0.25, 0.3) is 0 Å².